The molecule has 0 atom stereocenters. The van der Waals surface area contributed by atoms with Gasteiger partial charge in [-0.2, -0.15) is 5.26 Å². The van der Waals surface area contributed by atoms with E-state index in [9.17, 15) is 10.1 Å². The zero-order valence-corrected chi connectivity index (χ0v) is 14.2. The highest BCUT2D eigenvalue weighted by molar-refractivity contribution is 5.62. The second-order valence-electron chi connectivity index (χ2n) is 5.81. The maximum atomic E-state index is 12.9. The average Bonchev–Trinajstić information content (AvgIpc) is 2.65. The zero-order chi connectivity index (χ0) is 17.8. The number of pyridine rings is 1. The quantitative estimate of drug-likeness (QED) is 0.732. The van der Waals surface area contributed by atoms with Crippen LogP contribution in [0.25, 0.3) is 11.3 Å². The first kappa shape index (κ1) is 16.5. The topological polar surface area (TPSA) is 55.0 Å². The summed E-state index contributed by atoms with van der Waals surface area (Å²) < 4.78 is 6.91. The number of ether oxygens (including phenoxy) is 1. The summed E-state index contributed by atoms with van der Waals surface area (Å²) in [7, 11) is 1.61. The highest BCUT2D eigenvalue weighted by Gasteiger charge is 2.14. The van der Waals surface area contributed by atoms with Gasteiger partial charge in [0.15, 0.2) is 0 Å². The monoisotopic (exact) mass is 330 g/mol. The molecule has 0 saturated heterocycles. The summed E-state index contributed by atoms with van der Waals surface area (Å²) in [5.41, 5.74) is 3.27. The van der Waals surface area contributed by atoms with Gasteiger partial charge in [-0.25, -0.2) is 0 Å². The van der Waals surface area contributed by atoms with E-state index >= 15 is 0 Å². The van der Waals surface area contributed by atoms with E-state index in [4.69, 9.17) is 4.74 Å². The number of aryl methyl sites for hydroxylation is 1. The second kappa shape index (κ2) is 7.06. The molecule has 0 saturated carbocycles. The average molecular weight is 330 g/mol. The van der Waals surface area contributed by atoms with Gasteiger partial charge in [0.05, 0.1) is 19.3 Å². The molecule has 0 aliphatic heterocycles. The molecule has 0 aliphatic carbocycles. The van der Waals surface area contributed by atoms with Gasteiger partial charge in [0.2, 0.25) is 0 Å². The molecule has 1 aromatic heterocycles. The first-order chi connectivity index (χ1) is 12.1. The summed E-state index contributed by atoms with van der Waals surface area (Å²) in [6, 6.07) is 21.2. The minimum Gasteiger partial charge on any atom is -0.497 e. The molecule has 124 valence electrons. The van der Waals surface area contributed by atoms with Crippen molar-refractivity contribution in [3.8, 4) is 23.1 Å². The van der Waals surface area contributed by atoms with Crippen LogP contribution in [0.4, 0.5) is 0 Å². The second-order valence-corrected chi connectivity index (χ2v) is 5.81. The van der Waals surface area contributed by atoms with Crippen molar-refractivity contribution in [3.05, 3.63) is 87.7 Å². The van der Waals surface area contributed by atoms with E-state index in [1.54, 1.807) is 18.6 Å². The third kappa shape index (κ3) is 3.31. The summed E-state index contributed by atoms with van der Waals surface area (Å²) in [5, 5.41) is 9.35. The van der Waals surface area contributed by atoms with Crippen molar-refractivity contribution >= 4 is 0 Å². The summed E-state index contributed by atoms with van der Waals surface area (Å²) >= 11 is 0. The van der Waals surface area contributed by atoms with Crippen molar-refractivity contribution in [2.75, 3.05) is 7.11 Å². The predicted molar refractivity (Wildman–Crippen MR) is 97.7 cm³/mol. The van der Waals surface area contributed by atoms with Crippen molar-refractivity contribution in [1.29, 1.82) is 5.26 Å². The van der Waals surface area contributed by atoms with Crippen LogP contribution in [0.3, 0.4) is 0 Å². The fourth-order valence-corrected chi connectivity index (χ4v) is 2.86. The van der Waals surface area contributed by atoms with Gasteiger partial charge in [0.25, 0.3) is 5.56 Å². The Morgan fingerprint density at radius 2 is 1.84 bits per heavy atom. The van der Waals surface area contributed by atoms with Gasteiger partial charge >= 0.3 is 0 Å². The maximum Gasteiger partial charge on any atom is 0.269 e. The van der Waals surface area contributed by atoms with Crippen molar-refractivity contribution in [2.45, 2.75) is 13.5 Å². The van der Waals surface area contributed by atoms with Crippen LogP contribution in [0.2, 0.25) is 0 Å². The van der Waals surface area contributed by atoms with Crippen molar-refractivity contribution in [3.63, 3.8) is 0 Å². The molecule has 3 rings (SSSR count). The Hall–Kier alpha value is -3.32. The SMILES string of the molecule is COc1cccc(Cn2c(-c3ccccc3)cc(C)c(C#N)c2=O)c1. The Morgan fingerprint density at radius 3 is 2.52 bits per heavy atom. The number of rotatable bonds is 4. The Bertz CT molecular complexity index is 999. The summed E-state index contributed by atoms with van der Waals surface area (Å²) in [6.45, 7) is 2.16. The lowest BCUT2D eigenvalue weighted by molar-refractivity contribution is 0.414. The van der Waals surface area contributed by atoms with Gasteiger partial charge in [0.1, 0.15) is 17.4 Å². The Kier molecular flexibility index (Phi) is 4.67. The Balaban J connectivity index is 2.19. The lowest BCUT2D eigenvalue weighted by Crippen LogP contribution is -2.25. The fraction of sp³-hybridized carbons (Fsp3) is 0.143. The third-order valence-corrected chi connectivity index (χ3v) is 4.15. The molecule has 0 unspecified atom stereocenters. The normalized spacial score (nSPS) is 10.3. The zero-order valence-electron chi connectivity index (χ0n) is 14.2. The number of methoxy groups -OCH3 is 1. The van der Waals surface area contributed by atoms with Gasteiger partial charge in [-0.3, -0.25) is 4.79 Å². The molecule has 0 N–H and O–H groups in total. The van der Waals surface area contributed by atoms with E-state index in [1.165, 1.54) is 0 Å². The van der Waals surface area contributed by atoms with Crippen LogP contribution in [0.15, 0.2) is 65.5 Å². The van der Waals surface area contributed by atoms with Gasteiger partial charge in [-0.05, 0) is 41.8 Å². The number of aromatic nitrogens is 1. The molecule has 1 heterocycles. The van der Waals surface area contributed by atoms with E-state index in [1.807, 2.05) is 66.7 Å². The summed E-state index contributed by atoms with van der Waals surface area (Å²) in [6.07, 6.45) is 0. The third-order valence-electron chi connectivity index (χ3n) is 4.15. The predicted octanol–water partition coefficient (Wildman–Crippen LogP) is 3.75. The number of hydrogen-bond donors (Lipinski definition) is 0. The molecule has 0 bridgehead atoms. The lowest BCUT2D eigenvalue weighted by atomic mass is 10.0. The van der Waals surface area contributed by atoms with Crippen molar-refractivity contribution < 1.29 is 4.74 Å². The van der Waals surface area contributed by atoms with Crippen molar-refractivity contribution in [2.24, 2.45) is 0 Å². The van der Waals surface area contributed by atoms with Crippen LogP contribution in [0, 0.1) is 18.3 Å². The van der Waals surface area contributed by atoms with Gasteiger partial charge in [-0.1, -0.05) is 42.5 Å². The highest BCUT2D eigenvalue weighted by atomic mass is 16.5. The minimum atomic E-state index is -0.274. The molecule has 0 radical (unpaired) electrons. The van der Waals surface area contributed by atoms with Crippen LogP contribution >= 0.6 is 0 Å². The number of nitrogens with zero attached hydrogens (tertiary/aromatic N) is 2. The highest BCUT2D eigenvalue weighted by Crippen LogP contribution is 2.22. The largest absolute Gasteiger partial charge is 0.497 e. The standard InChI is InChI=1S/C21H18N2O2/c1-15-11-20(17-8-4-3-5-9-17)23(21(24)19(15)13-22)14-16-7-6-10-18(12-16)25-2/h3-12H,14H2,1-2H3. The van der Waals surface area contributed by atoms with Crippen molar-refractivity contribution in [1.82, 2.24) is 4.57 Å². The molecule has 2 aromatic carbocycles. The van der Waals surface area contributed by atoms with E-state index in [2.05, 4.69) is 0 Å². The minimum absolute atomic E-state index is 0.183. The van der Waals surface area contributed by atoms with E-state index in [0.29, 0.717) is 12.1 Å². The van der Waals surface area contributed by atoms with Crippen LogP contribution < -0.4 is 10.3 Å². The number of nitriles is 1. The Labute approximate surface area is 146 Å². The molecule has 3 aromatic rings. The molecular formula is C21H18N2O2. The Morgan fingerprint density at radius 1 is 1.08 bits per heavy atom. The van der Waals surface area contributed by atoms with Crippen LogP contribution in [-0.2, 0) is 6.54 Å². The molecule has 0 spiro atoms. The van der Waals surface area contributed by atoms with Crippen LogP contribution in [0.5, 0.6) is 5.75 Å². The van der Waals surface area contributed by atoms with Gasteiger partial charge < -0.3 is 9.30 Å². The maximum absolute atomic E-state index is 12.9. The van der Waals surface area contributed by atoms with Gasteiger partial charge in [-0.15, -0.1) is 0 Å². The van der Waals surface area contributed by atoms with Crippen LogP contribution in [0.1, 0.15) is 16.7 Å². The molecule has 0 fully saturated rings. The van der Waals surface area contributed by atoms with E-state index < -0.39 is 0 Å². The van der Waals surface area contributed by atoms with E-state index in [0.717, 1.165) is 22.6 Å². The van der Waals surface area contributed by atoms with E-state index in [-0.39, 0.29) is 11.1 Å². The number of benzene rings is 2. The smallest absolute Gasteiger partial charge is 0.269 e. The van der Waals surface area contributed by atoms with Crippen LogP contribution in [-0.4, -0.2) is 11.7 Å². The lowest BCUT2D eigenvalue weighted by Gasteiger charge is -2.15. The first-order valence-corrected chi connectivity index (χ1v) is 7.97. The molecule has 0 amide bonds. The molecule has 4 heteroatoms. The number of hydrogen-bond acceptors (Lipinski definition) is 3. The summed E-state index contributed by atoms with van der Waals surface area (Å²) in [5.74, 6) is 0.736. The molecule has 0 aliphatic rings. The fourth-order valence-electron chi connectivity index (χ4n) is 2.86. The first-order valence-electron chi connectivity index (χ1n) is 7.97. The summed E-state index contributed by atoms with van der Waals surface area (Å²) in [4.78, 5) is 12.9. The molecule has 25 heavy (non-hydrogen) atoms. The van der Waals surface area contributed by atoms with Gasteiger partial charge in [0, 0.05) is 0 Å². The molecule has 4 nitrogen and oxygen atoms in total. The molecular weight excluding hydrogens is 312 g/mol.